The van der Waals surface area contributed by atoms with Crippen molar-refractivity contribution in [3.8, 4) is 11.4 Å². The molecule has 0 saturated heterocycles. The van der Waals surface area contributed by atoms with Gasteiger partial charge >= 0.3 is 0 Å². The summed E-state index contributed by atoms with van der Waals surface area (Å²) < 4.78 is 25.4. The van der Waals surface area contributed by atoms with E-state index in [0.717, 1.165) is 0 Å². The van der Waals surface area contributed by atoms with Gasteiger partial charge in [0.1, 0.15) is 29.7 Å². The van der Waals surface area contributed by atoms with Crippen molar-refractivity contribution in [2.24, 2.45) is 0 Å². The molecule has 0 fully saturated rings. The molecule has 9 nitrogen and oxygen atoms in total. The minimum atomic E-state index is -0.560. The summed E-state index contributed by atoms with van der Waals surface area (Å²) in [5.41, 5.74) is 1.03. The molecular formula is C24H22FN5O4. The van der Waals surface area contributed by atoms with Gasteiger partial charge in [-0.05, 0) is 55.5 Å². The summed E-state index contributed by atoms with van der Waals surface area (Å²) in [6.45, 7) is 1.44. The molecule has 174 valence electrons. The van der Waals surface area contributed by atoms with Crippen LogP contribution in [0.4, 0.5) is 10.1 Å². The lowest BCUT2D eigenvalue weighted by Gasteiger charge is -2.20. The SMILES string of the molecule is COc1ccccc1NC(=O)CN(Cc1ccco1)C(=O)c1nc(C)n(-c2ccc(F)cc2)n1. The van der Waals surface area contributed by atoms with Gasteiger partial charge < -0.3 is 19.4 Å². The van der Waals surface area contributed by atoms with Gasteiger partial charge in [0.2, 0.25) is 11.7 Å². The van der Waals surface area contributed by atoms with Gasteiger partial charge in [-0.1, -0.05) is 12.1 Å². The number of hydrogen-bond acceptors (Lipinski definition) is 6. The van der Waals surface area contributed by atoms with E-state index in [2.05, 4.69) is 15.4 Å². The van der Waals surface area contributed by atoms with Crippen molar-refractivity contribution in [2.45, 2.75) is 13.5 Å². The first-order chi connectivity index (χ1) is 16.4. The summed E-state index contributed by atoms with van der Waals surface area (Å²) in [5, 5.41) is 7.04. The molecule has 0 bridgehead atoms. The number of nitrogens with zero attached hydrogens (tertiary/aromatic N) is 4. The van der Waals surface area contributed by atoms with E-state index in [9.17, 15) is 14.0 Å². The van der Waals surface area contributed by atoms with Crippen molar-refractivity contribution < 1.29 is 23.1 Å². The summed E-state index contributed by atoms with van der Waals surface area (Å²) in [6.07, 6.45) is 1.48. The number of rotatable bonds is 8. The Bertz CT molecular complexity index is 1290. The van der Waals surface area contributed by atoms with Gasteiger partial charge in [0.15, 0.2) is 0 Å². The lowest BCUT2D eigenvalue weighted by atomic mass is 10.3. The van der Waals surface area contributed by atoms with Gasteiger partial charge in [-0.3, -0.25) is 9.59 Å². The number of aromatic nitrogens is 3. The van der Waals surface area contributed by atoms with Gasteiger partial charge in [-0.2, -0.15) is 0 Å². The van der Waals surface area contributed by atoms with Crippen LogP contribution in [0.5, 0.6) is 5.75 Å². The molecule has 0 atom stereocenters. The molecule has 0 saturated carbocycles. The normalized spacial score (nSPS) is 10.7. The van der Waals surface area contributed by atoms with E-state index in [-0.39, 0.29) is 24.7 Å². The summed E-state index contributed by atoms with van der Waals surface area (Å²) in [4.78, 5) is 31.7. The molecule has 2 aromatic heterocycles. The molecule has 1 N–H and O–H groups in total. The van der Waals surface area contributed by atoms with Crippen LogP contribution in [0.2, 0.25) is 0 Å². The highest BCUT2D eigenvalue weighted by atomic mass is 19.1. The number of carbonyl (C=O) groups excluding carboxylic acids is 2. The second-order valence-electron chi connectivity index (χ2n) is 7.36. The molecule has 0 aliphatic carbocycles. The standard InChI is InChI=1S/C24H22FN5O4/c1-16-26-23(28-30(16)18-11-9-17(25)10-12-18)24(32)29(14-19-6-5-13-34-19)15-22(31)27-20-7-3-4-8-21(20)33-2/h3-13H,14-15H2,1-2H3,(H,27,31). The minimum absolute atomic E-state index is 0.0370. The Labute approximate surface area is 194 Å². The number of furan rings is 1. The second-order valence-corrected chi connectivity index (χ2v) is 7.36. The molecule has 0 unspecified atom stereocenters. The van der Waals surface area contributed by atoms with Gasteiger partial charge in [-0.25, -0.2) is 14.1 Å². The third-order valence-electron chi connectivity index (χ3n) is 4.96. The van der Waals surface area contributed by atoms with Crippen LogP contribution >= 0.6 is 0 Å². The topological polar surface area (TPSA) is 102 Å². The van der Waals surface area contributed by atoms with Crippen molar-refractivity contribution >= 4 is 17.5 Å². The number of para-hydroxylation sites is 2. The number of nitrogens with one attached hydrogen (secondary N) is 1. The molecule has 34 heavy (non-hydrogen) atoms. The molecule has 0 radical (unpaired) electrons. The molecule has 4 rings (SSSR count). The van der Waals surface area contributed by atoms with Gasteiger partial charge in [0.25, 0.3) is 5.91 Å². The van der Waals surface area contributed by atoms with E-state index in [1.165, 1.54) is 47.2 Å². The van der Waals surface area contributed by atoms with E-state index in [0.29, 0.717) is 28.7 Å². The van der Waals surface area contributed by atoms with Crippen LogP contribution in [0.25, 0.3) is 5.69 Å². The Morgan fingerprint density at radius 2 is 1.88 bits per heavy atom. The average Bonchev–Trinajstić information content (AvgIpc) is 3.49. The smallest absolute Gasteiger partial charge is 0.294 e. The second kappa shape index (κ2) is 9.99. The van der Waals surface area contributed by atoms with Gasteiger partial charge in [-0.15, -0.1) is 5.10 Å². The highest BCUT2D eigenvalue weighted by Crippen LogP contribution is 2.23. The van der Waals surface area contributed by atoms with Crippen LogP contribution in [-0.2, 0) is 11.3 Å². The van der Waals surface area contributed by atoms with E-state index >= 15 is 0 Å². The molecule has 2 heterocycles. The molecule has 0 aliphatic rings. The fourth-order valence-corrected chi connectivity index (χ4v) is 3.35. The number of hydrogen-bond donors (Lipinski definition) is 1. The summed E-state index contributed by atoms with van der Waals surface area (Å²) >= 11 is 0. The molecular weight excluding hydrogens is 441 g/mol. The van der Waals surface area contributed by atoms with Crippen molar-refractivity contribution in [3.63, 3.8) is 0 Å². The van der Waals surface area contributed by atoms with Crippen LogP contribution in [0, 0.1) is 12.7 Å². The number of halogens is 1. The Morgan fingerprint density at radius 1 is 1.12 bits per heavy atom. The number of benzene rings is 2. The van der Waals surface area contributed by atoms with Crippen LogP contribution < -0.4 is 10.1 Å². The number of amides is 2. The Kier molecular flexibility index (Phi) is 6.67. The van der Waals surface area contributed by atoms with Crippen LogP contribution in [-0.4, -0.2) is 45.1 Å². The van der Waals surface area contributed by atoms with Crippen molar-refractivity contribution in [1.82, 2.24) is 19.7 Å². The molecule has 0 aliphatic heterocycles. The van der Waals surface area contributed by atoms with Crippen molar-refractivity contribution in [1.29, 1.82) is 0 Å². The van der Waals surface area contributed by atoms with Crippen LogP contribution in [0.15, 0.2) is 71.3 Å². The zero-order valence-corrected chi connectivity index (χ0v) is 18.6. The molecule has 10 heteroatoms. The van der Waals surface area contributed by atoms with E-state index < -0.39 is 11.8 Å². The monoisotopic (exact) mass is 463 g/mol. The molecule has 0 spiro atoms. The third-order valence-corrected chi connectivity index (χ3v) is 4.96. The first-order valence-corrected chi connectivity index (χ1v) is 10.4. The maximum absolute atomic E-state index is 13.3. The fraction of sp³-hybridized carbons (Fsp3) is 0.167. The zero-order chi connectivity index (χ0) is 24.1. The maximum Gasteiger partial charge on any atom is 0.294 e. The number of ether oxygens (including phenoxy) is 1. The maximum atomic E-state index is 13.3. The van der Waals surface area contributed by atoms with E-state index in [4.69, 9.17) is 9.15 Å². The van der Waals surface area contributed by atoms with Gasteiger partial charge in [0, 0.05) is 0 Å². The quantitative estimate of drug-likeness (QED) is 0.428. The average molecular weight is 463 g/mol. The largest absolute Gasteiger partial charge is 0.495 e. The highest BCUT2D eigenvalue weighted by Gasteiger charge is 2.25. The minimum Gasteiger partial charge on any atom is -0.495 e. The number of methoxy groups -OCH3 is 1. The Morgan fingerprint density at radius 3 is 2.59 bits per heavy atom. The fourth-order valence-electron chi connectivity index (χ4n) is 3.35. The lowest BCUT2D eigenvalue weighted by Crippen LogP contribution is -2.38. The predicted octanol–water partition coefficient (Wildman–Crippen LogP) is 3.60. The van der Waals surface area contributed by atoms with Crippen LogP contribution in [0.1, 0.15) is 22.2 Å². The Hall–Kier alpha value is -4.47. The number of anilines is 1. The summed E-state index contributed by atoms with van der Waals surface area (Å²) in [5.74, 6) is -0.0498. The number of aryl methyl sites for hydroxylation is 1. The summed E-state index contributed by atoms with van der Waals surface area (Å²) in [7, 11) is 1.50. The first kappa shape index (κ1) is 22.7. The highest BCUT2D eigenvalue weighted by molar-refractivity contribution is 5.98. The third kappa shape index (κ3) is 5.12. The first-order valence-electron chi connectivity index (χ1n) is 10.4. The van der Waals surface area contributed by atoms with E-state index in [1.807, 2.05) is 0 Å². The number of carbonyl (C=O) groups is 2. The lowest BCUT2D eigenvalue weighted by molar-refractivity contribution is -0.117. The molecule has 2 amide bonds. The van der Waals surface area contributed by atoms with Crippen LogP contribution in [0.3, 0.4) is 0 Å². The predicted molar refractivity (Wildman–Crippen MR) is 121 cm³/mol. The Balaban J connectivity index is 1.57. The van der Waals surface area contributed by atoms with Gasteiger partial charge in [0.05, 0.1) is 31.3 Å². The van der Waals surface area contributed by atoms with Crippen molar-refractivity contribution in [2.75, 3.05) is 19.0 Å². The van der Waals surface area contributed by atoms with Crippen molar-refractivity contribution in [3.05, 3.63) is 90.2 Å². The summed E-state index contributed by atoms with van der Waals surface area (Å²) in [6, 6.07) is 16.0. The molecule has 4 aromatic rings. The van der Waals surface area contributed by atoms with E-state index in [1.54, 1.807) is 43.3 Å². The zero-order valence-electron chi connectivity index (χ0n) is 18.6. The molecule has 2 aromatic carbocycles.